The molecule has 12 heteroatoms. The van der Waals surface area contributed by atoms with E-state index < -0.39 is 52.6 Å². The summed E-state index contributed by atoms with van der Waals surface area (Å²) in [6, 6.07) is 2.55. The van der Waals surface area contributed by atoms with Crippen molar-refractivity contribution in [2.24, 2.45) is 4.99 Å². The van der Waals surface area contributed by atoms with Gasteiger partial charge in [0.2, 0.25) is 5.91 Å². The number of benzene rings is 1. The number of halogens is 6. The van der Waals surface area contributed by atoms with Crippen LogP contribution in [0.3, 0.4) is 0 Å². The lowest BCUT2D eigenvalue weighted by molar-refractivity contribution is -0.127. The van der Waals surface area contributed by atoms with Gasteiger partial charge in [0.1, 0.15) is 17.3 Å². The Hall–Kier alpha value is -1.56. The average molecular weight is 418 g/mol. The Balaban J connectivity index is 2.33. The summed E-state index contributed by atoms with van der Waals surface area (Å²) in [7, 11) is -2.47. The number of nitrogens with zero attached hydrogens (tertiary/aromatic N) is 2. The van der Waals surface area contributed by atoms with E-state index in [4.69, 9.17) is 0 Å². The van der Waals surface area contributed by atoms with Crippen LogP contribution in [0.5, 0.6) is 0 Å². The second kappa shape index (κ2) is 7.59. The Bertz CT molecular complexity index is 761. The van der Waals surface area contributed by atoms with Crippen LogP contribution in [-0.2, 0) is 15.6 Å². The van der Waals surface area contributed by atoms with Crippen molar-refractivity contribution in [1.29, 1.82) is 0 Å². The van der Waals surface area contributed by atoms with E-state index in [2.05, 4.69) is 4.99 Å². The fourth-order valence-electron chi connectivity index (χ4n) is 1.97. The normalized spacial score (nSPS) is 18.7. The number of hydrogen-bond acceptors (Lipinski definition) is 4. The van der Waals surface area contributed by atoms with Gasteiger partial charge in [0.05, 0.1) is 23.1 Å². The lowest BCUT2D eigenvalue weighted by Crippen LogP contribution is -2.38. The van der Waals surface area contributed by atoms with Crippen molar-refractivity contribution in [2.45, 2.75) is 23.9 Å². The van der Waals surface area contributed by atoms with Crippen molar-refractivity contribution in [1.82, 2.24) is 4.90 Å². The molecule has 1 aliphatic rings. The van der Waals surface area contributed by atoms with Crippen LogP contribution in [0.15, 0.2) is 28.1 Å². The number of aliphatic imine (C=N–C) groups is 1. The molecule has 0 spiro atoms. The summed E-state index contributed by atoms with van der Waals surface area (Å²) < 4.78 is 89.0. The van der Waals surface area contributed by atoms with Crippen molar-refractivity contribution in [3.8, 4) is 0 Å². The summed E-state index contributed by atoms with van der Waals surface area (Å²) >= 11 is 0.798. The smallest absolute Gasteiger partial charge is 0.284 e. The molecule has 1 amide bonds. The van der Waals surface area contributed by atoms with Crippen LogP contribution in [0, 0.1) is 5.82 Å². The van der Waals surface area contributed by atoms with Crippen molar-refractivity contribution in [3.05, 3.63) is 24.0 Å². The molecule has 1 atom stereocenters. The highest BCUT2D eigenvalue weighted by Crippen LogP contribution is 2.30. The molecule has 1 heterocycles. The predicted octanol–water partition coefficient (Wildman–Crippen LogP) is 3.71. The Morgan fingerprint density at radius 2 is 1.92 bits per heavy atom. The van der Waals surface area contributed by atoms with E-state index in [1.165, 1.54) is 0 Å². The third-order valence-corrected chi connectivity index (χ3v) is 5.31. The first-order chi connectivity index (χ1) is 11.9. The van der Waals surface area contributed by atoms with Gasteiger partial charge < -0.3 is 0 Å². The van der Waals surface area contributed by atoms with Crippen molar-refractivity contribution >= 4 is 39.3 Å². The van der Waals surface area contributed by atoms with Gasteiger partial charge in [-0.15, -0.1) is 0 Å². The van der Waals surface area contributed by atoms with Crippen LogP contribution in [0.1, 0.15) is 6.92 Å². The number of carbonyl (C=O) groups is 1. The topological polar surface area (TPSA) is 49.7 Å². The van der Waals surface area contributed by atoms with E-state index in [0.29, 0.717) is 11.8 Å². The number of hydrogen-bond donors (Lipinski definition) is 0. The monoisotopic (exact) mass is 418 g/mol. The maximum absolute atomic E-state index is 13.9. The molecule has 144 valence electrons. The summed E-state index contributed by atoms with van der Waals surface area (Å²) in [5.74, 6) is -6.59. The highest BCUT2D eigenvalue weighted by molar-refractivity contribution is 8.15. The molecule has 2 rings (SSSR count). The molecule has 0 N–H and O–H groups in total. The van der Waals surface area contributed by atoms with Crippen molar-refractivity contribution < 1.29 is 35.3 Å². The summed E-state index contributed by atoms with van der Waals surface area (Å²) in [4.78, 5) is 15.8. The second-order valence-electron chi connectivity index (χ2n) is 5.45. The molecule has 1 saturated heterocycles. The fourth-order valence-corrected chi connectivity index (χ4v) is 3.79. The standard InChI is InChI=1S/C14H12F6N2O2S2/c1-13(16,17)6-22-11(23)5-25-12(22)21-10-4-8(2-3-9(10)15)26(24)7-14(18,19)20/h2-4H,5-7H2,1H3. The summed E-state index contributed by atoms with van der Waals surface area (Å²) in [5.41, 5.74) is -0.486. The zero-order chi connectivity index (χ0) is 19.7. The van der Waals surface area contributed by atoms with Gasteiger partial charge in [-0.3, -0.25) is 13.9 Å². The minimum Gasteiger partial charge on any atom is -0.284 e. The average Bonchev–Trinajstić information content (AvgIpc) is 2.79. The van der Waals surface area contributed by atoms with Crippen LogP contribution in [0.2, 0.25) is 0 Å². The third-order valence-electron chi connectivity index (χ3n) is 2.98. The summed E-state index contributed by atoms with van der Waals surface area (Å²) in [6.45, 7) is -0.360. The molecule has 0 aliphatic carbocycles. The Labute approximate surface area is 151 Å². The zero-order valence-corrected chi connectivity index (χ0v) is 14.8. The molecule has 0 bridgehead atoms. The van der Waals surface area contributed by atoms with Gasteiger partial charge in [0.15, 0.2) is 5.17 Å². The molecule has 0 saturated carbocycles. The van der Waals surface area contributed by atoms with Gasteiger partial charge in [0.25, 0.3) is 5.92 Å². The van der Waals surface area contributed by atoms with E-state index in [0.717, 1.165) is 30.0 Å². The lowest BCUT2D eigenvalue weighted by Gasteiger charge is -2.20. The molecular weight excluding hydrogens is 406 g/mol. The molecule has 1 aromatic carbocycles. The van der Waals surface area contributed by atoms with Gasteiger partial charge in [-0.1, -0.05) is 11.8 Å². The first-order valence-electron chi connectivity index (χ1n) is 7.00. The highest BCUT2D eigenvalue weighted by atomic mass is 32.2. The number of thioether (sulfide) groups is 1. The minimum absolute atomic E-state index is 0.170. The Morgan fingerprint density at radius 1 is 1.27 bits per heavy atom. The largest absolute Gasteiger partial charge is 0.400 e. The molecular formula is C14H12F6N2O2S2. The zero-order valence-electron chi connectivity index (χ0n) is 13.1. The number of alkyl halides is 5. The maximum Gasteiger partial charge on any atom is 0.400 e. The van der Waals surface area contributed by atoms with Crippen molar-refractivity contribution in [3.63, 3.8) is 0 Å². The number of amidine groups is 1. The van der Waals surface area contributed by atoms with Gasteiger partial charge in [0, 0.05) is 11.8 Å². The Kier molecular flexibility index (Phi) is 6.06. The van der Waals surface area contributed by atoms with Crippen molar-refractivity contribution in [2.75, 3.05) is 18.1 Å². The number of rotatable bonds is 5. The SMILES string of the molecule is CC(F)(F)CN1C(=O)CSC1=Nc1cc(S(=O)CC(F)(F)F)ccc1F. The van der Waals surface area contributed by atoms with Crippen LogP contribution in [-0.4, -0.2) is 50.3 Å². The summed E-state index contributed by atoms with van der Waals surface area (Å²) in [5, 5.41) is -0.200. The second-order valence-corrected chi connectivity index (χ2v) is 7.85. The van der Waals surface area contributed by atoms with Gasteiger partial charge in [-0.2, -0.15) is 13.2 Å². The molecule has 1 unspecified atom stereocenters. The van der Waals surface area contributed by atoms with Crippen LogP contribution in [0.25, 0.3) is 0 Å². The quantitative estimate of drug-likeness (QED) is 0.685. The molecule has 0 radical (unpaired) electrons. The fraction of sp³-hybridized carbons (Fsp3) is 0.429. The molecule has 1 fully saturated rings. The maximum atomic E-state index is 13.9. The van der Waals surface area contributed by atoms with E-state index in [1.807, 2.05) is 0 Å². The van der Waals surface area contributed by atoms with Gasteiger partial charge >= 0.3 is 6.18 Å². The van der Waals surface area contributed by atoms with Gasteiger partial charge in [-0.05, 0) is 18.2 Å². The minimum atomic E-state index is -4.68. The van der Waals surface area contributed by atoms with E-state index in [9.17, 15) is 35.3 Å². The van der Waals surface area contributed by atoms with Crippen LogP contribution >= 0.6 is 11.8 Å². The molecule has 0 aromatic heterocycles. The molecule has 1 aliphatic heterocycles. The molecule has 26 heavy (non-hydrogen) atoms. The molecule has 4 nitrogen and oxygen atoms in total. The molecule has 1 aromatic rings. The first kappa shape index (κ1) is 20.7. The Morgan fingerprint density at radius 3 is 2.50 bits per heavy atom. The van der Waals surface area contributed by atoms with Crippen LogP contribution < -0.4 is 0 Å². The van der Waals surface area contributed by atoms with Gasteiger partial charge in [-0.25, -0.2) is 18.2 Å². The first-order valence-corrected chi connectivity index (χ1v) is 9.30. The summed E-state index contributed by atoms with van der Waals surface area (Å²) in [6.07, 6.45) is -4.68. The number of amides is 1. The van der Waals surface area contributed by atoms with Crippen LogP contribution in [0.4, 0.5) is 32.0 Å². The van der Waals surface area contributed by atoms with E-state index >= 15 is 0 Å². The van der Waals surface area contributed by atoms with E-state index in [-0.39, 0.29) is 15.8 Å². The van der Waals surface area contributed by atoms with E-state index in [1.54, 1.807) is 0 Å². The number of carbonyl (C=O) groups excluding carboxylic acids is 1. The lowest BCUT2D eigenvalue weighted by atomic mass is 10.3. The highest BCUT2D eigenvalue weighted by Gasteiger charge is 2.36. The third kappa shape index (κ3) is 5.73. The predicted molar refractivity (Wildman–Crippen MR) is 85.6 cm³/mol.